The van der Waals surface area contributed by atoms with E-state index in [-0.39, 0.29) is 5.92 Å². The van der Waals surface area contributed by atoms with Crippen molar-refractivity contribution in [2.24, 2.45) is 7.05 Å². The van der Waals surface area contributed by atoms with Crippen molar-refractivity contribution in [3.8, 4) is 5.75 Å². The zero-order chi connectivity index (χ0) is 19.3. The molecule has 1 aliphatic heterocycles. The predicted molar refractivity (Wildman–Crippen MR) is 104 cm³/mol. The summed E-state index contributed by atoms with van der Waals surface area (Å²) in [6, 6.07) is 5.75. The van der Waals surface area contributed by atoms with Crippen molar-refractivity contribution >= 4 is 28.3 Å². The van der Waals surface area contributed by atoms with E-state index in [0.29, 0.717) is 22.9 Å². The van der Waals surface area contributed by atoms with E-state index in [2.05, 4.69) is 25.3 Å². The van der Waals surface area contributed by atoms with Crippen molar-refractivity contribution in [2.45, 2.75) is 18.8 Å². The molecule has 4 heterocycles. The van der Waals surface area contributed by atoms with Crippen LogP contribution in [0.15, 0.2) is 24.4 Å². The first-order valence-corrected chi connectivity index (χ1v) is 9.24. The number of rotatable bonds is 3. The lowest BCUT2D eigenvalue weighted by atomic mass is 9.97. The summed E-state index contributed by atoms with van der Waals surface area (Å²) in [5, 5.41) is 13.8. The van der Waals surface area contributed by atoms with Gasteiger partial charge in [0.05, 0.1) is 13.3 Å². The highest BCUT2D eigenvalue weighted by atomic mass is 16.5. The van der Waals surface area contributed by atoms with Crippen molar-refractivity contribution in [1.29, 1.82) is 0 Å². The molecule has 10 heteroatoms. The molecule has 4 aromatic rings. The number of nitrogens with zero attached hydrogens (tertiary/aromatic N) is 8. The Balaban J connectivity index is 1.56. The van der Waals surface area contributed by atoms with Gasteiger partial charge in [0.1, 0.15) is 11.3 Å². The van der Waals surface area contributed by atoms with Gasteiger partial charge in [-0.05, 0) is 25.0 Å². The molecule has 0 amide bonds. The Labute approximate surface area is 160 Å². The summed E-state index contributed by atoms with van der Waals surface area (Å²) in [6.07, 6.45) is 3.99. The summed E-state index contributed by atoms with van der Waals surface area (Å²) in [5.74, 6) is 2.82. The molecule has 28 heavy (non-hydrogen) atoms. The Bertz CT molecular complexity index is 1160. The van der Waals surface area contributed by atoms with E-state index >= 15 is 0 Å². The Morgan fingerprint density at radius 3 is 2.93 bits per heavy atom. The molecule has 0 saturated carbocycles. The summed E-state index contributed by atoms with van der Waals surface area (Å²) in [5.41, 5.74) is 7.57. The van der Waals surface area contributed by atoms with Crippen molar-refractivity contribution in [3.63, 3.8) is 0 Å². The average molecular weight is 379 g/mol. The lowest BCUT2D eigenvalue weighted by molar-refractivity contribution is 0.419. The van der Waals surface area contributed by atoms with E-state index in [4.69, 9.17) is 15.5 Å². The van der Waals surface area contributed by atoms with Crippen molar-refractivity contribution in [2.75, 3.05) is 30.8 Å². The Kier molecular flexibility index (Phi) is 3.78. The zero-order valence-corrected chi connectivity index (χ0v) is 15.8. The number of aryl methyl sites for hydroxylation is 1. The number of hydrogen-bond acceptors (Lipinski definition) is 8. The Morgan fingerprint density at radius 2 is 2.14 bits per heavy atom. The summed E-state index contributed by atoms with van der Waals surface area (Å²) >= 11 is 0. The van der Waals surface area contributed by atoms with Gasteiger partial charge in [-0.1, -0.05) is 11.3 Å². The number of hydrogen-bond donors (Lipinski definition) is 1. The number of fused-ring (bicyclic) bond motifs is 3. The topological polar surface area (TPSA) is 112 Å². The van der Waals surface area contributed by atoms with Crippen LogP contribution in [0.2, 0.25) is 0 Å². The minimum atomic E-state index is 0.190. The van der Waals surface area contributed by atoms with Crippen LogP contribution in [0.4, 0.5) is 11.8 Å². The van der Waals surface area contributed by atoms with E-state index in [0.717, 1.165) is 43.0 Å². The fraction of sp³-hybridized carbons (Fsp3) is 0.389. The van der Waals surface area contributed by atoms with E-state index < -0.39 is 0 Å². The van der Waals surface area contributed by atoms with Crippen molar-refractivity contribution < 1.29 is 4.74 Å². The van der Waals surface area contributed by atoms with Crippen molar-refractivity contribution in [3.05, 3.63) is 30.2 Å². The number of piperidine rings is 1. The SMILES string of the molecule is COc1cccc2c1nc(N)n1nc([C@@H]3CCCN(c4cn(C)nn4)C3)nc21. The smallest absolute Gasteiger partial charge is 0.223 e. The third-order valence-electron chi connectivity index (χ3n) is 5.23. The molecule has 1 atom stereocenters. The molecule has 2 N–H and O–H groups in total. The first-order valence-electron chi connectivity index (χ1n) is 9.24. The van der Waals surface area contributed by atoms with Gasteiger partial charge in [0.2, 0.25) is 5.95 Å². The van der Waals surface area contributed by atoms with Gasteiger partial charge in [0.15, 0.2) is 17.3 Å². The highest BCUT2D eigenvalue weighted by Gasteiger charge is 2.27. The number of aromatic nitrogens is 7. The molecule has 144 valence electrons. The van der Waals surface area contributed by atoms with Crippen LogP contribution in [0.3, 0.4) is 0 Å². The first kappa shape index (κ1) is 16.7. The molecule has 3 aromatic heterocycles. The molecule has 0 radical (unpaired) electrons. The predicted octanol–water partition coefficient (Wildman–Crippen LogP) is 1.38. The number of ether oxygens (including phenoxy) is 1. The van der Waals surface area contributed by atoms with Gasteiger partial charge in [-0.15, -0.1) is 10.2 Å². The van der Waals surface area contributed by atoms with Gasteiger partial charge in [-0.2, -0.15) is 4.52 Å². The number of nitrogen functional groups attached to an aromatic ring is 1. The third kappa shape index (κ3) is 2.60. The maximum Gasteiger partial charge on any atom is 0.223 e. The van der Waals surface area contributed by atoms with Gasteiger partial charge in [-0.25, -0.2) is 9.97 Å². The second kappa shape index (κ2) is 6.32. The molecule has 1 aliphatic rings. The lowest BCUT2D eigenvalue weighted by Crippen LogP contribution is -2.35. The van der Waals surface area contributed by atoms with Crippen LogP contribution in [0, 0.1) is 0 Å². The van der Waals surface area contributed by atoms with Crippen molar-refractivity contribution in [1.82, 2.24) is 34.6 Å². The van der Waals surface area contributed by atoms with Gasteiger partial charge < -0.3 is 15.4 Å². The summed E-state index contributed by atoms with van der Waals surface area (Å²) in [7, 11) is 3.49. The molecule has 0 aliphatic carbocycles. The summed E-state index contributed by atoms with van der Waals surface area (Å²) < 4.78 is 8.76. The number of para-hydroxylation sites is 1. The zero-order valence-electron chi connectivity index (χ0n) is 15.8. The standard InChI is InChI=1S/C18H21N9O/c1-25-10-14(22-24-25)26-8-4-5-11(9-26)16-21-17-12-6-3-7-13(28-2)15(12)20-18(19)27(17)23-16/h3,6-7,10-11H,4-5,8-9H2,1-2H3,(H2,19,20)/t11-/m1/s1. The maximum atomic E-state index is 6.17. The second-order valence-electron chi connectivity index (χ2n) is 7.07. The van der Waals surface area contributed by atoms with Gasteiger partial charge >= 0.3 is 0 Å². The number of benzene rings is 1. The van der Waals surface area contributed by atoms with Crippen LogP contribution in [0.5, 0.6) is 5.75 Å². The minimum absolute atomic E-state index is 0.190. The first-order chi connectivity index (χ1) is 13.6. The van der Waals surface area contributed by atoms with Crippen LogP contribution in [-0.2, 0) is 7.05 Å². The molecule has 5 rings (SSSR count). The van der Waals surface area contributed by atoms with Gasteiger partial charge in [0, 0.05) is 31.4 Å². The highest BCUT2D eigenvalue weighted by Crippen LogP contribution is 2.31. The molecule has 0 spiro atoms. The van der Waals surface area contributed by atoms with E-state index in [1.165, 1.54) is 0 Å². The molecule has 1 aromatic carbocycles. The summed E-state index contributed by atoms with van der Waals surface area (Å²) in [4.78, 5) is 11.6. The van der Waals surface area contributed by atoms with E-state index in [9.17, 15) is 0 Å². The average Bonchev–Trinajstić information content (AvgIpc) is 3.35. The molecular weight excluding hydrogens is 358 g/mol. The number of anilines is 2. The normalized spacial score (nSPS) is 17.5. The molecule has 1 fully saturated rings. The minimum Gasteiger partial charge on any atom is -0.494 e. The highest BCUT2D eigenvalue weighted by molar-refractivity contribution is 5.95. The van der Waals surface area contributed by atoms with Crippen LogP contribution in [0.1, 0.15) is 24.6 Å². The van der Waals surface area contributed by atoms with E-state index in [1.54, 1.807) is 16.3 Å². The number of nitrogens with two attached hydrogens (primary N) is 1. The van der Waals surface area contributed by atoms with E-state index in [1.807, 2.05) is 31.4 Å². The monoisotopic (exact) mass is 379 g/mol. The molecule has 0 bridgehead atoms. The lowest BCUT2D eigenvalue weighted by Gasteiger charge is -2.31. The number of methoxy groups -OCH3 is 1. The van der Waals surface area contributed by atoms with Gasteiger partial charge in [-0.3, -0.25) is 4.68 Å². The Hall–Kier alpha value is -3.43. The quantitative estimate of drug-likeness (QED) is 0.568. The summed E-state index contributed by atoms with van der Waals surface area (Å²) in [6.45, 7) is 1.75. The van der Waals surface area contributed by atoms with Crippen LogP contribution in [0.25, 0.3) is 16.6 Å². The van der Waals surface area contributed by atoms with Crippen LogP contribution < -0.4 is 15.4 Å². The fourth-order valence-corrected chi connectivity index (χ4v) is 3.86. The maximum absolute atomic E-state index is 6.17. The van der Waals surface area contributed by atoms with Crippen LogP contribution in [-0.4, -0.2) is 54.8 Å². The molecular formula is C18H21N9O. The molecule has 1 saturated heterocycles. The fourth-order valence-electron chi connectivity index (χ4n) is 3.86. The third-order valence-corrected chi connectivity index (χ3v) is 5.23. The Morgan fingerprint density at radius 1 is 1.25 bits per heavy atom. The molecule has 0 unspecified atom stereocenters. The molecule has 10 nitrogen and oxygen atoms in total. The second-order valence-corrected chi connectivity index (χ2v) is 7.07. The van der Waals surface area contributed by atoms with Gasteiger partial charge in [0.25, 0.3) is 0 Å². The van der Waals surface area contributed by atoms with Crippen LogP contribution >= 0.6 is 0 Å². The largest absolute Gasteiger partial charge is 0.494 e.